The van der Waals surface area contributed by atoms with Crippen LogP contribution in [0.2, 0.25) is 0 Å². The lowest BCUT2D eigenvalue weighted by Gasteiger charge is -2.33. The molecule has 2 amide bonds. The summed E-state index contributed by atoms with van der Waals surface area (Å²) in [6.45, 7) is 0. The zero-order chi connectivity index (χ0) is 15.7. The number of benzene rings is 1. The second-order valence-electron chi connectivity index (χ2n) is 5.38. The van der Waals surface area contributed by atoms with Crippen LogP contribution in [0.5, 0.6) is 0 Å². The van der Waals surface area contributed by atoms with Crippen molar-refractivity contribution in [1.29, 1.82) is 0 Å². The van der Waals surface area contributed by atoms with Crippen molar-refractivity contribution in [2.75, 3.05) is 0 Å². The maximum Gasteiger partial charge on any atom is 0.271 e. The van der Waals surface area contributed by atoms with Gasteiger partial charge in [-0.1, -0.05) is 35.5 Å². The molecule has 0 saturated heterocycles. The van der Waals surface area contributed by atoms with Crippen molar-refractivity contribution in [2.45, 2.75) is 18.8 Å². The van der Waals surface area contributed by atoms with Crippen LogP contribution < -0.4 is 17.0 Å². The fourth-order valence-corrected chi connectivity index (χ4v) is 2.84. The molecular formula is C15H17ClN4O3. The van der Waals surface area contributed by atoms with Gasteiger partial charge in [0.25, 0.3) is 5.91 Å². The molecule has 1 aromatic heterocycles. The van der Waals surface area contributed by atoms with Crippen LogP contribution in [-0.4, -0.2) is 17.0 Å². The normalized spacial score (nSPS) is 19.3. The monoisotopic (exact) mass is 336 g/mol. The van der Waals surface area contributed by atoms with Crippen molar-refractivity contribution in [3.8, 4) is 11.3 Å². The molecule has 8 heteroatoms. The Bertz CT molecular complexity index is 711. The number of nitrogens with zero attached hydrogens (tertiary/aromatic N) is 1. The zero-order valence-electron chi connectivity index (χ0n) is 12.2. The minimum Gasteiger partial charge on any atom is -0.364 e. The quantitative estimate of drug-likeness (QED) is 0.441. The van der Waals surface area contributed by atoms with Gasteiger partial charge in [-0.15, -0.1) is 12.4 Å². The highest BCUT2D eigenvalue weighted by Gasteiger charge is 2.40. The Morgan fingerprint density at radius 1 is 1.22 bits per heavy atom. The summed E-state index contributed by atoms with van der Waals surface area (Å²) in [7, 11) is 0. The van der Waals surface area contributed by atoms with E-state index < -0.39 is 5.91 Å². The second-order valence-corrected chi connectivity index (χ2v) is 5.38. The molecule has 2 aromatic rings. The fourth-order valence-electron chi connectivity index (χ4n) is 2.84. The van der Waals surface area contributed by atoms with Crippen LogP contribution >= 0.6 is 12.4 Å². The molecule has 0 bridgehead atoms. The SMILES string of the molecule is Cl.NNC(=O)C1CC(c2c(C(N)=O)noc2-c2ccccc2)C1. The maximum absolute atomic E-state index is 11.6. The fraction of sp³-hybridized carbons (Fsp3) is 0.267. The Balaban J connectivity index is 0.00000192. The molecule has 1 saturated carbocycles. The molecule has 0 aliphatic heterocycles. The van der Waals surface area contributed by atoms with E-state index in [0.29, 0.717) is 24.2 Å². The van der Waals surface area contributed by atoms with Crippen LogP contribution in [0, 0.1) is 5.92 Å². The van der Waals surface area contributed by atoms with E-state index in [0.717, 1.165) is 5.56 Å². The predicted molar refractivity (Wildman–Crippen MR) is 85.5 cm³/mol. The number of aromatic nitrogens is 1. The highest BCUT2D eigenvalue weighted by Crippen LogP contribution is 2.46. The first-order valence-electron chi connectivity index (χ1n) is 6.97. The van der Waals surface area contributed by atoms with E-state index in [4.69, 9.17) is 16.1 Å². The average Bonchev–Trinajstić information content (AvgIpc) is 2.91. The molecule has 3 rings (SSSR count). The topological polar surface area (TPSA) is 124 Å². The Morgan fingerprint density at radius 2 is 1.87 bits per heavy atom. The molecule has 1 aromatic carbocycles. The van der Waals surface area contributed by atoms with Gasteiger partial charge in [-0.05, 0) is 18.8 Å². The minimum absolute atomic E-state index is 0. The molecule has 0 radical (unpaired) electrons. The number of carbonyl (C=O) groups is 2. The van der Waals surface area contributed by atoms with E-state index in [2.05, 4.69) is 10.6 Å². The summed E-state index contributed by atoms with van der Waals surface area (Å²) in [4.78, 5) is 23.1. The van der Waals surface area contributed by atoms with Crippen LogP contribution in [0.4, 0.5) is 0 Å². The van der Waals surface area contributed by atoms with Crippen molar-refractivity contribution in [2.24, 2.45) is 17.5 Å². The summed E-state index contributed by atoms with van der Waals surface area (Å²) >= 11 is 0. The average molecular weight is 337 g/mol. The summed E-state index contributed by atoms with van der Waals surface area (Å²) in [6, 6.07) is 9.38. The smallest absolute Gasteiger partial charge is 0.271 e. The van der Waals surface area contributed by atoms with E-state index in [1.807, 2.05) is 30.3 Å². The molecule has 7 nitrogen and oxygen atoms in total. The van der Waals surface area contributed by atoms with E-state index in [1.54, 1.807) is 0 Å². The summed E-state index contributed by atoms with van der Waals surface area (Å²) in [5.74, 6) is 4.69. The molecule has 1 heterocycles. The van der Waals surface area contributed by atoms with Gasteiger partial charge < -0.3 is 10.3 Å². The van der Waals surface area contributed by atoms with Crippen molar-refractivity contribution >= 4 is 24.2 Å². The lowest BCUT2D eigenvalue weighted by molar-refractivity contribution is -0.128. The number of carbonyl (C=O) groups excluding carboxylic acids is 2. The number of rotatable bonds is 4. The van der Waals surface area contributed by atoms with Gasteiger partial charge in [-0.3, -0.25) is 15.0 Å². The number of nitrogens with one attached hydrogen (secondary N) is 1. The third kappa shape index (κ3) is 3.06. The van der Waals surface area contributed by atoms with Crippen LogP contribution in [0.3, 0.4) is 0 Å². The van der Waals surface area contributed by atoms with Gasteiger partial charge in [0.1, 0.15) is 0 Å². The van der Waals surface area contributed by atoms with Gasteiger partial charge in [-0.2, -0.15) is 0 Å². The lowest BCUT2D eigenvalue weighted by atomic mass is 9.70. The summed E-state index contributed by atoms with van der Waals surface area (Å²) in [5.41, 5.74) is 9.17. The van der Waals surface area contributed by atoms with Crippen LogP contribution in [0.25, 0.3) is 11.3 Å². The Hall–Kier alpha value is -2.38. The van der Waals surface area contributed by atoms with E-state index in [-0.39, 0.29) is 35.8 Å². The van der Waals surface area contributed by atoms with Gasteiger partial charge in [0.15, 0.2) is 11.5 Å². The highest BCUT2D eigenvalue weighted by molar-refractivity contribution is 5.94. The molecule has 1 aliphatic carbocycles. The molecule has 0 atom stereocenters. The van der Waals surface area contributed by atoms with E-state index in [1.165, 1.54) is 0 Å². The Labute approximate surface area is 138 Å². The summed E-state index contributed by atoms with van der Waals surface area (Å²) < 4.78 is 5.35. The summed E-state index contributed by atoms with van der Waals surface area (Å²) in [6.07, 6.45) is 1.18. The van der Waals surface area contributed by atoms with E-state index >= 15 is 0 Å². The van der Waals surface area contributed by atoms with Crippen molar-refractivity contribution < 1.29 is 14.1 Å². The molecule has 1 aliphatic rings. The molecular weight excluding hydrogens is 320 g/mol. The lowest BCUT2D eigenvalue weighted by Crippen LogP contribution is -2.41. The van der Waals surface area contributed by atoms with Gasteiger partial charge in [0.2, 0.25) is 5.91 Å². The molecule has 1 fully saturated rings. The van der Waals surface area contributed by atoms with Gasteiger partial charge in [0, 0.05) is 17.0 Å². The first kappa shape index (κ1) is 17.0. The maximum atomic E-state index is 11.6. The number of halogens is 1. The zero-order valence-corrected chi connectivity index (χ0v) is 13.0. The number of nitrogens with two attached hydrogens (primary N) is 2. The molecule has 23 heavy (non-hydrogen) atoms. The molecule has 5 N–H and O–H groups in total. The first-order chi connectivity index (χ1) is 10.6. The van der Waals surface area contributed by atoms with Crippen LogP contribution in [0.15, 0.2) is 34.9 Å². The third-order valence-corrected chi connectivity index (χ3v) is 4.06. The van der Waals surface area contributed by atoms with Gasteiger partial charge >= 0.3 is 0 Å². The Morgan fingerprint density at radius 3 is 2.43 bits per heavy atom. The minimum atomic E-state index is -0.632. The largest absolute Gasteiger partial charge is 0.364 e. The van der Waals surface area contributed by atoms with Crippen LogP contribution in [0.1, 0.15) is 34.8 Å². The first-order valence-corrected chi connectivity index (χ1v) is 6.97. The molecule has 0 unspecified atom stereocenters. The third-order valence-electron chi connectivity index (χ3n) is 4.06. The summed E-state index contributed by atoms with van der Waals surface area (Å²) in [5, 5.41) is 3.81. The van der Waals surface area contributed by atoms with Gasteiger partial charge in [0.05, 0.1) is 0 Å². The number of primary amides is 1. The van der Waals surface area contributed by atoms with Gasteiger partial charge in [-0.25, -0.2) is 5.84 Å². The number of hydrazine groups is 1. The van der Waals surface area contributed by atoms with Crippen molar-refractivity contribution in [3.05, 3.63) is 41.6 Å². The predicted octanol–water partition coefficient (Wildman–Crippen LogP) is 1.35. The van der Waals surface area contributed by atoms with Crippen molar-refractivity contribution in [3.63, 3.8) is 0 Å². The Kier molecular flexibility index (Phi) is 5.02. The number of amides is 2. The number of hydrogen-bond donors (Lipinski definition) is 3. The van der Waals surface area contributed by atoms with Crippen LogP contribution in [-0.2, 0) is 4.79 Å². The molecule has 0 spiro atoms. The number of hydrogen-bond acceptors (Lipinski definition) is 5. The highest BCUT2D eigenvalue weighted by atomic mass is 35.5. The van der Waals surface area contributed by atoms with E-state index in [9.17, 15) is 9.59 Å². The second kappa shape index (κ2) is 6.80. The molecule has 122 valence electrons. The van der Waals surface area contributed by atoms with Crippen molar-refractivity contribution in [1.82, 2.24) is 10.6 Å². The standard InChI is InChI=1S/C15H16N4O3.ClH/c16-14(20)12-11(9-6-10(7-9)15(21)18-17)13(22-19-12)8-4-2-1-3-5-8;/h1-5,9-10H,6-7,17H2,(H2,16,20)(H,18,21);1H.